The molecule has 2 atom stereocenters. The van der Waals surface area contributed by atoms with E-state index in [0.717, 1.165) is 16.3 Å². The number of amides is 1. The second kappa shape index (κ2) is 9.76. The summed E-state index contributed by atoms with van der Waals surface area (Å²) in [5.41, 5.74) is 2.22. The van der Waals surface area contributed by atoms with E-state index >= 15 is 0 Å². The molecule has 1 aromatic carbocycles. The molecule has 170 valence electrons. The molecule has 1 aliphatic heterocycles. The maximum Gasteiger partial charge on any atom is 0.231 e. The fraction of sp³-hybridized carbons (Fsp3) is 0.409. The standard InChI is InChI=1S/C22H26N4O3S3/c1-15-5-7-17(8-6-15)21(18-4-3-10-30-18)23-20(27)13-31-22-25-24-19(26(22)2)12-16-9-11-32(28,29)14-16/h3-8,10,16,21H,9,11-14H2,1-2H3,(H,23,27). The molecular weight excluding hydrogens is 464 g/mol. The Labute approximate surface area is 196 Å². The molecule has 2 unspecified atom stereocenters. The normalized spacial score (nSPS) is 18.5. The number of thioether (sulfide) groups is 1. The van der Waals surface area contributed by atoms with Crippen LogP contribution in [0.2, 0.25) is 0 Å². The Kier molecular flexibility index (Phi) is 7.02. The van der Waals surface area contributed by atoms with Gasteiger partial charge in [0.15, 0.2) is 15.0 Å². The van der Waals surface area contributed by atoms with Gasteiger partial charge >= 0.3 is 0 Å². The van der Waals surface area contributed by atoms with Crippen LogP contribution in [0.4, 0.5) is 0 Å². The van der Waals surface area contributed by atoms with Gasteiger partial charge in [0.1, 0.15) is 5.82 Å². The number of aryl methyl sites for hydroxylation is 1. The molecule has 4 rings (SSSR count). The number of rotatable bonds is 8. The van der Waals surface area contributed by atoms with Crippen molar-refractivity contribution >= 4 is 38.8 Å². The zero-order chi connectivity index (χ0) is 22.7. The van der Waals surface area contributed by atoms with Gasteiger partial charge in [0.05, 0.1) is 23.3 Å². The van der Waals surface area contributed by atoms with E-state index in [2.05, 4.69) is 15.5 Å². The first-order chi connectivity index (χ1) is 15.3. The van der Waals surface area contributed by atoms with Crippen molar-refractivity contribution in [2.24, 2.45) is 13.0 Å². The largest absolute Gasteiger partial charge is 0.344 e. The van der Waals surface area contributed by atoms with Gasteiger partial charge in [0.2, 0.25) is 5.91 Å². The molecule has 0 aliphatic carbocycles. The van der Waals surface area contributed by atoms with Crippen LogP contribution >= 0.6 is 23.1 Å². The molecule has 3 aromatic rings. The molecule has 2 aromatic heterocycles. The van der Waals surface area contributed by atoms with Gasteiger partial charge in [-0.05, 0) is 36.3 Å². The van der Waals surface area contributed by atoms with Gasteiger partial charge in [-0.15, -0.1) is 21.5 Å². The van der Waals surface area contributed by atoms with Crippen LogP contribution in [-0.2, 0) is 28.1 Å². The average Bonchev–Trinajstić information content (AvgIpc) is 3.48. The summed E-state index contributed by atoms with van der Waals surface area (Å²) >= 11 is 2.95. The first-order valence-electron chi connectivity index (χ1n) is 10.4. The molecule has 7 nitrogen and oxygen atoms in total. The van der Waals surface area contributed by atoms with Gasteiger partial charge in [0.25, 0.3) is 0 Å². The summed E-state index contributed by atoms with van der Waals surface area (Å²) in [5, 5.41) is 14.2. The Hall–Kier alpha value is -2.17. The zero-order valence-electron chi connectivity index (χ0n) is 18.0. The maximum atomic E-state index is 12.8. The summed E-state index contributed by atoms with van der Waals surface area (Å²) in [7, 11) is -1.05. The number of aromatic nitrogens is 3. The van der Waals surface area contributed by atoms with Crippen molar-refractivity contribution in [3.8, 4) is 0 Å². The molecule has 10 heteroatoms. The Morgan fingerprint density at radius 2 is 2.06 bits per heavy atom. The van der Waals surface area contributed by atoms with Gasteiger partial charge in [-0.25, -0.2) is 8.42 Å². The van der Waals surface area contributed by atoms with E-state index in [-0.39, 0.29) is 35.1 Å². The van der Waals surface area contributed by atoms with Crippen LogP contribution in [0.3, 0.4) is 0 Å². The number of carbonyl (C=O) groups excluding carboxylic acids is 1. The molecular formula is C22H26N4O3S3. The SMILES string of the molecule is Cc1ccc(C(NC(=O)CSc2nnc(CC3CCS(=O)(=O)C3)n2C)c2cccs2)cc1. The van der Waals surface area contributed by atoms with Crippen LogP contribution in [0.25, 0.3) is 0 Å². The Bertz CT molecular complexity index is 1170. The van der Waals surface area contributed by atoms with Crippen LogP contribution in [0, 0.1) is 12.8 Å². The van der Waals surface area contributed by atoms with Crippen molar-refractivity contribution in [1.29, 1.82) is 0 Å². The highest BCUT2D eigenvalue weighted by molar-refractivity contribution is 7.99. The van der Waals surface area contributed by atoms with Gasteiger partial charge in [-0.1, -0.05) is 47.7 Å². The van der Waals surface area contributed by atoms with E-state index in [9.17, 15) is 13.2 Å². The number of hydrogen-bond acceptors (Lipinski definition) is 7. The first kappa shape index (κ1) is 23.0. The topological polar surface area (TPSA) is 94.0 Å². The second-order valence-corrected chi connectivity index (χ2v) is 12.3. The number of thiophene rings is 1. The lowest BCUT2D eigenvalue weighted by Crippen LogP contribution is -2.30. The van der Waals surface area contributed by atoms with Crippen molar-refractivity contribution in [3.05, 3.63) is 63.6 Å². The molecule has 1 fully saturated rings. The number of benzene rings is 1. The molecule has 0 spiro atoms. The van der Waals surface area contributed by atoms with Gasteiger partial charge in [-0.2, -0.15) is 0 Å². The lowest BCUT2D eigenvalue weighted by Gasteiger charge is -2.18. The van der Waals surface area contributed by atoms with E-state index in [1.807, 2.05) is 60.3 Å². The summed E-state index contributed by atoms with van der Waals surface area (Å²) in [6.45, 7) is 2.04. The minimum absolute atomic E-state index is 0.0830. The minimum Gasteiger partial charge on any atom is -0.344 e. The van der Waals surface area contributed by atoms with Crippen LogP contribution in [0.1, 0.15) is 34.3 Å². The van der Waals surface area contributed by atoms with Crippen molar-refractivity contribution in [2.75, 3.05) is 17.3 Å². The average molecular weight is 491 g/mol. The highest BCUT2D eigenvalue weighted by Crippen LogP contribution is 2.27. The molecule has 0 bridgehead atoms. The van der Waals surface area contributed by atoms with Crippen LogP contribution in [0.15, 0.2) is 46.9 Å². The third-order valence-electron chi connectivity index (χ3n) is 5.60. The summed E-state index contributed by atoms with van der Waals surface area (Å²) in [4.78, 5) is 13.9. The van der Waals surface area contributed by atoms with Crippen molar-refractivity contribution in [3.63, 3.8) is 0 Å². The van der Waals surface area contributed by atoms with E-state index in [1.165, 1.54) is 17.3 Å². The third kappa shape index (κ3) is 5.60. The second-order valence-electron chi connectivity index (χ2n) is 8.15. The molecule has 1 aliphatic rings. The van der Waals surface area contributed by atoms with E-state index in [4.69, 9.17) is 0 Å². The predicted octanol–water partition coefficient (Wildman–Crippen LogP) is 3.16. The number of nitrogens with one attached hydrogen (secondary N) is 1. The Balaban J connectivity index is 1.38. The Morgan fingerprint density at radius 1 is 1.28 bits per heavy atom. The molecule has 32 heavy (non-hydrogen) atoms. The van der Waals surface area contributed by atoms with Crippen LogP contribution < -0.4 is 5.32 Å². The summed E-state index contributed by atoms with van der Waals surface area (Å²) in [6, 6.07) is 12.0. The number of sulfone groups is 1. The molecule has 1 N–H and O–H groups in total. The number of hydrogen-bond donors (Lipinski definition) is 1. The maximum absolute atomic E-state index is 12.8. The molecule has 0 radical (unpaired) electrons. The molecule has 0 saturated carbocycles. The lowest BCUT2D eigenvalue weighted by atomic mass is 10.0. The fourth-order valence-electron chi connectivity index (χ4n) is 3.81. The minimum atomic E-state index is -2.91. The van der Waals surface area contributed by atoms with E-state index in [1.54, 1.807) is 11.3 Å². The van der Waals surface area contributed by atoms with Gasteiger partial charge in [-0.3, -0.25) is 4.79 Å². The zero-order valence-corrected chi connectivity index (χ0v) is 20.5. The van der Waals surface area contributed by atoms with E-state index in [0.29, 0.717) is 18.0 Å². The summed E-state index contributed by atoms with van der Waals surface area (Å²) < 4.78 is 25.3. The smallest absolute Gasteiger partial charge is 0.231 e. The lowest BCUT2D eigenvalue weighted by molar-refractivity contribution is -0.119. The van der Waals surface area contributed by atoms with Crippen LogP contribution in [-0.4, -0.2) is 46.3 Å². The predicted molar refractivity (Wildman–Crippen MR) is 128 cm³/mol. The van der Waals surface area contributed by atoms with E-state index < -0.39 is 9.84 Å². The molecule has 1 saturated heterocycles. The van der Waals surface area contributed by atoms with Gasteiger partial charge < -0.3 is 9.88 Å². The van der Waals surface area contributed by atoms with Gasteiger partial charge in [0, 0.05) is 18.3 Å². The number of carbonyl (C=O) groups is 1. The van der Waals surface area contributed by atoms with Crippen molar-refractivity contribution in [1.82, 2.24) is 20.1 Å². The summed E-state index contributed by atoms with van der Waals surface area (Å²) in [6.07, 6.45) is 1.26. The Morgan fingerprint density at radius 3 is 2.72 bits per heavy atom. The molecule has 3 heterocycles. The van der Waals surface area contributed by atoms with Crippen molar-refractivity contribution in [2.45, 2.75) is 31.0 Å². The molecule has 1 amide bonds. The monoisotopic (exact) mass is 490 g/mol. The third-order valence-corrected chi connectivity index (χ3v) is 9.39. The highest BCUT2D eigenvalue weighted by atomic mass is 32.2. The first-order valence-corrected chi connectivity index (χ1v) is 14.1. The van der Waals surface area contributed by atoms with Crippen LogP contribution in [0.5, 0.6) is 0 Å². The van der Waals surface area contributed by atoms with Crippen molar-refractivity contribution < 1.29 is 13.2 Å². The summed E-state index contributed by atoms with van der Waals surface area (Å²) in [5.74, 6) is 1.45. The quantitative estimate of drug-likeness (QED) is 0.488. The fourth-order valence-corrected chi connectivity index (χ4v) is 7.21. The number of nitrogens with zero attached hydrogens (tertiary/aromatic N) is 3. The highest BCUT2D eigenvalue weighted by Gasteiger charge is 2.29.